The zero-order valence-electron chi connectivity index (χ0n) is 11.6. The highest BCUT2D eigenvalue weighted by Gasteiger charge is 1.99. The van der Waals surface area contributed by atoms with Crippen molar-refractivity contribution < 1.29 is 0 Å². The van der Waals surface area contributed by atoms with Crippen LogP contribution in [-0.2, 0) is 0 Å². The van der Waals surface area contributed by atoms with E-state index in [2.05, 4.69) is 22.4 Å². The van der Waals surface area contributed by atoms with Gasteiger partial charge in [-0.15, -0.1) is 0 Å². The number of hydrogen-bond donors (Lipinski definition) is 1. The van der Waals surface area contributed by atoms with Gasteiger partial charge in [0.1, 0.15) is 0 Å². The van der Waals surface area contributed by atoms with E-state index in [1.807, 2.05) is 79.0 Å². The number of anilines is 2. The third-order valence-electron chi connectivity index (χ3n) is 3.12. The number of nitrogens with zero attached hydrogens (tertiary/aromatic N) is 1. The quantitative estimate of drug-likeness (QED) is 0.601. The van der Waals surface area contributed by atoms with Gasteiger partial charge in [-0.2, -0.15) is 0 Å². The summed E-state index contributed by atoms with van der Waals surface area (Å²) in [6, 6.07) is 28.2. The summed E-state index contributed by atoms with van der Waals surface area (Å²) in [5.74, 6) is 0. The van der Waals surface area contributed by atoms with Gasteiger partial charge in [0.05, 0.1) is 5.69 Å². The zero-order chi connectivity index (χ0) is 14.3. The first-order valence-corrected chi connectivity index (χ1v) is 6.92. The van der Waals surface area contributed by atoms with Gasteiger partial charge in [0.25, 0.3) is 0 Å². The Morgan fingerprint density at radius 2 is 1.27 bits per heavy atom. The minimum atomic E-state index is 0. The molecule has 3 aromatic rings. The summed E-state index contributed by atoms with van der Waals surface area (Å²) in [5, 5.41) is 3.42. The summed E-state index contributed by atoms with van der Waals surface area (Å²) in [6.45, 7) is 0. The first kappa shape index (κ1) is 15.5. The Morgan fingerprint density at radius 1 is 0.682 bits per heavy atom. The van der Waals surface area contributed by atoms with Crippen LogP contribution in [0.15, 0.2) is 89.9 Å². The molecule has 2 nitrogen and oxygen atoms in total. The van der Waals surface area contributed by atoms with Crippen LogP contribution in [0, 0.1) is 0 Å². The molecule has 0 spiro atoms. The molecule has 3 aromatic carbocycles. The lowest BCUT2D eigenvalue weighted by atomic mass is 10.2. The smallest absolute Gasteiger partial charge is 0.0629 e. The minimum Gasteiger partial charge on any atom is -0.355 e. The van der Waals surface area contributed by atoms with Crippen molar-refractivity contribution in [3.63, 3.8) is 0 Å². The summed E-state index contributed by atoms with van der Waals surface area (Å²) in [5.41, 5.74) is 4.12. The number of nitrogens with one attached hydrogen (secondary N) is 1. The Labute approximate surface area is 132 Å². The Kier molecular flexibility index (Phi) is 5.50. The van der Waals surface area contributed by atoms with Crippen LogP contribution in [0.3, 0.4) is 0 Å². The number of hydrogen-bond acceptors (Lipinski definition) is 2. The highest BCUT2D eigenvalue weighted by atomic mass is 14.9. The summed E-state index contributed by atoms with van der Waals surface area (Å²) in [7, 11) is 0. The van der Waals surface area contributed by atoms with E-state index in [9.17, 15) is 0 Å². The molecule has 0 saturated heterocycles. The van der Waals surface area contributed by atoms with Crippen molar-refractivity contribution in [2.75, 3.05) is 5.32 Å². The molecule has 0 atom stereocenters. The summed E-state index contributed by atoms with van der Waals surface area (Å²) < 4.78 is 0. The molecule has 0 radical (unpaired) electrons. The Morgan fingerprint density at radius 3 is 2.00 bits per heavy atom. The molecule has 0 heterocycles. The molecule has 2 heteroatoms. The average Bonchev–Trinajstić information content (AvgIpc) is 2.56. The van der Waals surface area contributed by atoms with Crippen molar-refractivity contribution in [1.82, 2.24) is 0 Å². The molecule has 0 fully saturated rings. The highest BCUT2D eigenvalue weighted by Crippen LogP contribution is 2.20. The molecule has 22 heavy (non-hydrogen) atoms. The van der Waals surface area contributed by atoms with Crippen molar-refractivity contribution in [3.05, 3.63) is 90.5 Å². The predicted molar refractivity (Wildman–Crippen MR) is 96.6 cm³/mol. The van der Waals surface area contributed by atoms with E-state index < -0.39 is 0 Å². The van der Waals surface area contributed by atoms with E-state index in [1.165, 1.54) is 0 Å². The van der Waals surface area contributed by atoms with E-state index >= 15 is 0 Å². The van der Waals surface area contributed by atoms with Gasteiger partial charge in [-0.3, -0.25) is 4.99 Å². The zero-order valence-corrected chi connectivity index (χ0v) is 11.6. The molecule has 3 rings (SSSR count). The van der Waals surface area contributed by atoms with Gasteiger partial charge in [0, 0.05) is 23.2 Å². The van der Waals surface area contributed by atoms with Crippen LogP contribution in [0.25, 0.3) is 0 Å². The summed E-state index contributed by atoms with van der Waals surface area (Å²) in [6.07, 6.45) is 1.89. The van der Waals surface area contributed by atoms with Crippen molar-refractivity contribution in [2.24, 2.45) is 4.99 Å². The Balaban J connectivity index is 0.00000176. The maximum Gasteiger partial charge on any atom is 0.0629 e. The third kappa shape index (κ3) is 4.06. The van der Waals surface area contributed by atoms with Crippen molar-refractivity contribution in [1.29, 1.82) is 0 Å². The molecule has 0 aromatic heterocycles. The SMILES string of the molecule is C.C(=Nc1ccccc1)c1ccccc1Nc1ccccc1. The average molecular weight is 288 g/mol. The largest absolute Gasteiger partial charge is 0.355 e. The van der Waals surface area contributed by atoms with Gasteiger partial charge in [-0.05, 0) is 30.3 Å². The van der Waals surface area contributed by atoms with E-state index in [-0.39, 0.29) is 7.43 Å². The summed E-state index contributed by atoms with van der Waals surface area (Å²) >= 11 is 0. The molecule has 0 bridgehead atoms. The maximum absolute atomic E-state index is 4.51. The molecule has 0 aliphatic carbocycles. The standard InChI is InChI=1S/C19H16N2.CH4/c1-3-10-17(11-4-1)20-15-16-9-7-8-14-19(16)21-18-12-5-2-6-13-18;/h1-15,21H;1H4. The number of rotatable bonds is 4. The van der Waals surface area contributed by atoms with E-state index in [0.717, 1.165) is 22.6 Å². The fourth-order valence-corrected chi connectivity index (χ4v) is 2.06. The van der Waals surface area contributed by atoms with Crippen molar-refractivity contribution >= 4 is 23.3 Å². The molecule has 0 saturated carbocycles. The van der Waals surface area contributed by atoms with Crippen LogP contribution in [0.1, 0.15) is 13.0 Å². The molecular weight excluding hydrogens is 268 g/mol. The van der Waals surface area contributed by atoms with Crippen LogP contribution < -0.4 is 5.32 Å². The van der Waals surface area contributed by atoms with Gasteiger partial charge in [0.15, 0.2) is 0 Å². The fraction of sp³-hybridized carbons (Fsp3) is 0.0500. The van der Waals surface area contributed by atoms with E-state index in [1.54, 1.807) is 0 Å². The first-order chi connectivity index (χ1) is 10.4. The van der Waals surface area contributed by atoms with Gasteiger partial charge in [-0.1, -0.05) is 62.0 Å². The lowest BCUT2D eigenvalue weighted by Gasteiger charge is -2.09. The lowest BCUT2D eigenvalue weighted by Crippen LogP contribution is -1.94. The third-order valence-corrected chi connectivity index (χ3v) is 3.12. The second kappa shape index (κ2) is 7.79. The molecule has 0 unspecified atom stereocenters. The first-order valence-electron chi connectivity index (χ1n) is 6.92. The minimum absolute atomic E-state index is 0. The van der Waals surface area contributed by atoms with Crippen LogP contribution in [0.4, 0.5) is 17.1 Å². The summed E-state index contributed by atoms with van der Waals surface area (Å²) in [4.78, 5) is 4.51. The maximum atomic E-state index is 4.51. The van der Waals surface area contributed by atoms with Crippen LogP contribution in [0.5, 0.6) is 0 Å². The van der Waals surface area contributed by atoms with Gasteiger partial charge in [0.2, 0.25) is 0 Å². The van der Waals surface area contributed by atoms with Crippen molar-refractivity contribution in [2.45, 2.75) is 7.43 Å². The predicted octanol–water partition coefficient (Wildman–Crippen LogP) is 5.82. The second-order valence-corrected chi connectivity index (χ2v) is 4.67. The monoisotopic (exact) mass is 288 g/mol. The Bertz CT molecular complexity index is 719. The van der Waals surface area contributed by atoms with Gasteiger partial charge < -0.3 is 5.32 Å². The van der Waals surface area contributed by atoms with Gasteiger partial charge in [-0.25, -0.2) is 0 Å². The number of para-hydroxylation sites is 3. The molecule has 110 valence electrons. The highest BCUT2D eigenvalue weighted by molar-refractivity contribution is 5.90. The van der Waals surface area contributed by atoms with Crippen LogP contribution in [0.2, 0.25) is 0 Å². The second-order valence-electron chi connectivity index (χ2n) is 4.67. The Hall–Kier alpha value is -2.87. The molecule has 1 N–H and O–H groups in total. The van der Waals surface area contributed by atoms with Crippen molar-refractivity contribution in [3.8, 4) is 0 Å². The molecule has 0 aliphatic rings. The van der Waals surface area contributed by atoms with Crippen LogP contribution in [-0.4, -0.2) is 6.21 Å². The van der Waals surface area contributed by atoms with E-state index in [0.29, 0.717) is 0 Å². The normalized spacial score (nSPS) is 10.2. The molecule has 0 aliphatic heterocycles. The fourth-order valence-electron chi connectivity index (χ4n) is 2.06. The van der Waals surface area contributed by atoms with Crippen LogP contribution >= 0.6 is 0 Å². The number of aliphatic imine (C=N–C) groups is 1. The lowest BCUT2D eigenvalue weighted by molar-refractivity contribution is 1.50. The molecule has 0 amide bonds. The van der Waals surface area contributed by atoms with Gasteiger partial charge >= 0.3 is 0 Å². The van der Waals surface area contributed by atoms with E-state index in [4.69, 9.17) is 0 Å². The topological polar surface area (TPSA) is 24.4 Å². The number of benzene rings is 3. The molecular formula is C20H20N2.